The zero-order chi connectivity index (χ0) is 21.3. The Bertz CT molecular complexity index is 712. The molecule has 1 fully saturated rings. The quantitative estimate of drug-likeness (QED) is 0.733. The number of hydrogen-bond acceptors (Lipinski definition) is 5. The van der Waals surface area contributed by atoms with Crippen LogP contribution in [0.5, 0.6) is 0 Å². The molecule has 0 aliphatic carbocycles. The smallest absolute Gasteiger partial charge is 0.0639 e. The van der Waals surface area contributed by atoms with E-state index in [9.17, 15) is 10.2 Å². The molecule has 3 rings (SSSR count). The van der Waals surface area contributed by atoms with Gasteiger partial charge in [0, 0.05) is 58.9 Å². The van der Waals surface area contributed by atoms with Crippen molar-refractivity contribution in [2.45, 2.75) is 32.6 Å². The van der Waals surface area contributed by atoms with Crippen LogP contribution >= 0.6 is 0 Å². The van der Waals surface area contributed by atoms with Gasteiger partial charge in [0.25, 0.3) is 0 Å². The molecule has 0 amide bonds. The first-order valence-corrected chi connectivity index (χ1v) is 11.2. The average Bonchev–Trinajstić information content (AvgIpc) is 2.81. The summed E-state index contributed by atoms with van der Waals surface area (Å²) in [6.45, 7) is 11.7. The van der Waals surface area contributed by atoms with Crippen molar-refractivity contribution < 1.29 is 10.2 Å². The summed E-state index contributed by atoms with van der Waals surface area (Å²) in [6.07, 6.45) is -0.648. The van der Waals surface area contributed by atoms with Crippen LogP contribution in [0.15, 0.2) is 54.6 Å². The minimum atomic E-state index is -0.324. The van der Waals surface area contributed by atoms with Crippen molar-refractivity contribution in [3.05, 3.63) is 60.2 Å². The number of aliphatic hydroxyl groups excluding tert-OH is 2. The highest BCUT2D eigenvalue weighted by Gasteiger charge is 2.18. The predicted molar refractivity (Wildman–Crippen MR) is 123 cm³/mol. The van der Waals surface area contributed by atoms with Gasteiger partial charge < -0.3 is 10.2 Å². The molecular formula is C25H37N3O2. The third kappa shape index (κ3) is 7.49. The number of rotatable bonds is 7. The molecule has 5 heteroatoms. The Morgan fingerprint density at radius 3 is 1.53 bits per heavy atom. The molecular weight excluding hydrogens is 374 g/mol. The monoisotopic (exact) mass is 411 g/mol. The van der Waals surface area contributed by atoms with E-state index in [-0.39, 0.29) is 12.2 Å². The van der Waals surface area contributed by atoms with Crippen LogP contribution < -0.4 is 0 Å². The summed E-state index contributed by atoms with van der Waals surface area (Å²) in [4.78, 5) is 7.18. The van der Waals surface area contributed by atoms with Crippen LogP contribution in [0.2, 0.25) is 0 Å². The Labute approximate surface area is 181 Å². The van der Waals surface area contributed by atoms with Gasteiger partial charge in [-0.15, -0.1) is 0 Å². The Hall–Kier alpha value is -1.76. The van der Waals surface area contributed by atoms with Gasteiger partial charge in [-0.2, -0.15) is 0 Å². The van der Waals surface area contributed by atoms with Gasteiger partial charge in [-0.25, -0.2) is 0 Å². The maximum absolute atomic E-state index is 9.86. The number of nitrogens with zero attached hydrogens (tertiary/aromatic N) is 3. The third-order valence-electron chi connectivity index (χ3n) is 5.71. The fourth-order valence-corrected chi connectivity index (χ4v) is 4.15. The molecule has 0 spiro atoms. The molecule has 1 aliphatic rings. The van der Waals surface area contributed by atoms with Gasteiger partial charge in [0.05, 0.1) is 12.2 Å². The predicted octanol–water partition coefficient (Wildman–Crippen LogP) is 2.53. The lowest BCUT2D eigenvalue weighted by atomic mass is 10.0. The van der Waals surface area contributed by atoms with E-state index < -0.39 is 0 Å². The van der Waals surface area contributed by atoms with Gasteiger partial charge in [0.15, 0.2) is 0 Å². The highest BCUT2D eigenvalue weighted by atomic mass is 16.3. The fourth-order valence-electron chi connectivity index (χ4n) is 4.15. The molecule has 0 radical (unpaired) electrons. The van der Waals surface area contributed by atoms with Crippen LogP contribution in [-0.4, -0.2) is 89.5 Å². The maximum atomic E-state index is 9.86. The van der Waals surface area contributed by atoms with E-state index in [4.69, 9.17) is 0 Å². The summed E-state index contributed by atoms with van der Waals surface area (Å²) in [5.41, 5.74) is 3.81. The molecule has 0 saturated carbocycles. The Morgan fingerprint density at radius 1 is 0.633 bits per heavy atom. The zero-order valence-electron chi connectivity index (χ0n) is 18.5. The lowest BCUT2D eigenvalue weighted by Gasteiger charge is -2.27. The second-order valence-corrected chi connectivity index (χ2v) is 8.64. The Morgan fingerprint density at radius 2 is 1.07 bits per heavy atom. The molecule has 2 atom stereocenters. The minimum Gasteiger partial charge on any atom is -0.392 e. The highest BCUT2D eigenvalue weighted by molar-refractivity contribution is 5.63. The normalized spacial score (nSPS) is 19.6. The van der Waals surface area contributed by atoms with Crippen LogP contribution in [0.25, 0.3) is 11.1 Å². The summed E-state index contributed by atoms with van der Waals surface area (Å²) in [5.74, 6) is 0. The largest absolute Gasteiger partial charge is 0.392 e. The first kappa shape index (κ1) is 22.9. The Kier molecular flexibility index (Phi) is 8.85. The lowest BCUT2D eigenvalue weighted by molar-refractivity contribution is 0.102. The van der Waals surface area contributed by atoms with Crippen molar-refractivity contribution in [1.82, 2.24) is 14.7 Å². The van der Waals surface area contributed by atoms with Gasteiger partial charge in [-0.1, -0.05) is 54.6 Å². The summed E-state index contributed by atoms with van der Waals surface area (Å²) in [7, 11) is 0. The lowest BCUT2D eigenvalue weighted by Crippen LogP contribution is -2.41. The van der Waals surface area contributed by atoms with Crippen LogP contribution in [0.3, 0.4) is 0 Å². The van der Waals surface area contributed by atoms with Crippen molar-refractivity contribution in [3.8, 4) is 11.1 Å². The Balaban J connectivity index is 1.65. The second-order valence-electron chi connectivity index (χ2n) is 8.64. The van der Waals surface area contributed by atoms with E-state index in [0.717, 1.165) is 45.8 Å². The van der Waals surface area contributed by atoms with E-state index in [1.165, 1.54) is 16.7 Å². The van der Waals surface area contributed by atoms with Crippen LogP contribution in [0, 0.1) is 0 Å². The molecule has 2 aromatic rings. The molecule has 164 valence electrons. The number of hydrogen-bond donors (Lipinski definition) is 2. The number of aliphatic hydroxyl groups is 2. The molecule has 0 bridgehead atoms. The van der Waals surface area contributed by atoms with Crippen molar-refractivity contribution in [3.63, 3.8) is 0 Å². The average molecular weight is 412 g/mol. The summed E-state index contributed by atoms with van der Waals surface area (Å²) in [5, 5.41) is 19.7. The van der Waals surface area contributed by atoms with Gasteiger partial charge in [-0.05, 0) is 30.5 Å². The maximum Gasteiger partial charge on any atom is 0.0639 e. The molecule has 5 nitrogen and oxygen atoms in total. The molecule has 0 aromatic heterocycles. The van der Waals surface area contributed by atoms with Crippen LogP contribution in [0.1, 0.15) is 19.4 Å². The van der Waals surface area contributed by atoms with Crippen LogP contribution in [-0.2, 0) is 6.54 Å². The van der Waals surface area contributed by atoms with Crippen molar-refractivity contribution in [2.24, 2.45) is 0 Å². The number of β-amino-alcohol motifs (C(OH)–C–C–N with tert-alkyl or cyclic N) is 2. The van der Waals surface area contributed by atoms with E-state index in [1.807, 2.05) is 19.9 Å². The molecule has 1 saturated heterocycles. The molecule has 2 aromatic carbocycles. The third-order valence-corrected chi connectivity index (χ3v) is 5.71. The first-order valence-electron chi connectivity index (χ1n) is 11.2. The van der Waals surface area contributed by atoms with Gasteiger partial charge >= 0.3 is 0 Å². The van der Waals surface area contributed by atoms with E-state index in [1.54, 1.807) is 0 Å². The molecule has 1 heterocycles. The summed E-state index contributed by atoms with van der Waals surface area (Å²) < 4.78 is 0. The molecule has 30 heavy (non-hydrogen) atoms. The SMILES string of the molecule is CC(O)CN1CCN(Cc2ccc(-c3ccccc3)cc2)CCN(CC(C)O)CC1. The van der Waals surface area contributed by atoms with E-state index in [0.29, 0.717) is 13.1 Å². The molecule has 1 aliphatic heterocycles. The van der Waals surface area contributed by atoms with Crippen molar-refractivity contribution in [2.75, 3.05) is 52.4 Å². The van der Waals surface area contributed by atoms with E-state index in [2.05, 4.69) is 63.2 Å². The summed E-state index contributed by atoms with van der Waals surface area (Å²) >= 11 is 0. The zero-order valence-corrected chi connectivity index (χ0v) is 18.5. The standard InChI is InChI=1S/C25H37N3O2/c1-21(29)18-26-12-13-27(19-22(2)30)15-17-28(16-14-26)20-23-8-10-25(11-9-23)24-6-4-3-5-7-24/h3-11,21-22,29-30H,12-20H2,1-2H3. The first-order chi connectivity index (χ1) is 14.5. The number of benzene rings is 2. The topological polar surface area (TPSA) is 50.2 Å². The highest BCUT2D eigenvalue weighted by Crippen LogP contribution is 2.20. The fraction of sp³-hybridized carbons (Fsp3) is 0.520. The van der Waals surface area contributed by atoms with Gasteiger partial charge in [-0.3, -0.25) is 14.7 Å². The molecule has 2 N–H and O–H groups in total. The van der Waals surface area contributed by atoms with Crippen molar-refractivity contribution >= 4 is 0 Å². The second kappa shape index (κ2) is 11.6. The van der Waals surface area contributed by atoms with Crippen LogP contribution in [0.4, 0.5) is 0 Å². The van der Waals surface area contributed by atoms with Crippen molar-refractivity contribution in [1.29, 1.82) is 0 Å². The van der Waals surface area contributed by atoms with Gasteiger partial charge in [0.2, 0.25) is 0 Å². The minimum absolute atomic E-state index is 0.324. The summed E-state index contributed by atoms with van der Waals surface area (Å²) in [6, 6.07) is 19.4. The van der Waals surface area contributed by atoms with Gasteiger partial charge in [0.1, 0.15) is 0 Å². The molecule has 2 unspecified atom stereocenters. The van der Waals surface area contributed by atoms with E-state index >= 15 is 0 Å².